The Morgan fingerprint density at radius 3 is 3.00 bits per heavy atom. The summed E-state index contributed by atoms with van der Waals surface area (Å²) >= 11 is 0. The molecule has 1 heterocycles. The van der Waals surface area contributed by atoms with Gasteiger partial charge >= 0.3 is 0 Å². The molecule has 0 atom stereocenters. The number of nitrogens with one attached hydrogen (secondary N) is 1. The number of hydrogen-bond acceptors (Lipinski definition) is 3. The zero-order chi connectivity index (χ0) is 7.23. The lowest BCUT2D eigenvalue weighted by Crippen LogP contribution is -1.96. The molecule has 0 bridgehead atoms. The van der Waals surface area contributed by atoms with Crippen molar-refractivity contribution in [2.45, 2.75) is 32.6 Å². The van der Waals surface area contributed by atoms with Crippen molar-refractivity contribution in [1.29, 1.82) is 0 Å². The highest BCUT2D eigenvalue weighted by Gasteiger charge is 2.02. The van der Waals surface area contributed by atoms with E-state index in [0.717, 1.165) is 0 Å². The van der Waals surface area contributed by atoms with E-state index in [2.05, 4.69) is 17.1 Å². The topological polar surface area (TPSA) is 12.0 Å². The van der Waals surface area contributed by atoms with Gasteiger partial charge in [-0.05, 0) is 23.6 Å². The van der Waals surface area contributed by atoms with E-state index in [-0.39, 0.29) is 0 Å². The fourth-order valence-electron chi connectivity index (χ4n) is 0.859. The fourth-order valence-corrected chi connectivity index (χ4v) is 2.55. The summed E-state index contributed by atoms with van der Waals surface area (Å²) in [7, 11) is 3.50. The van der Waals surface area contributed by atoms with Crippen LogP contribution in [0.25, 0.3) is 0 Å². The van der Waals surface area contributed by atoms with Crippen LogP contribution in [0.1, 0.15) is 32.6 Å². The minimum absolute atomic E-state index is 1.23. The van der Waals surface area contributed by atoms with Gasteiger partial charge in [-0.1, -0.05) is 19.8 Å². The molecular formula is C7H13NS2. The monoisotopic (exact) mass is 175 g/mol. The van der Waals surface area contributed by atoms with Gasteiger partial charge in [0.15, 0.2) is 0 Å². The Kier molecular flexibility index (Phi) is 4.14. The second-order valence-corrected chi connectivity index (χ2v) is 4.26. The molecule has 0 fully saturated rings. The third kappa shape index (κ3) is 2.88. The Morgan fingerprint density at radius 2 is 2.40 bits per heavy atom. The van der Waals surface area contributed by atoms with Gasteiger partial charge in [0, 0.05) is 22.1 Å². The molecule has 0 radical (unpaired) electrons. The highest BCUT2D eigenvalue weighted by atomic mass is 33.1. The van der Waals surface area contributed by atoms with E-state index in [1.807, 2.05) is 0 Å². The molecule has 0 saturated carbocycles. The molecule has 58 valence electrons. The van der Waals surface area contributed by atoms with Crippen LogP contribution in [0.4, 0.5) is 0 Å². The quantitative estimate of drug-likeness (QED) is 0.400. The van der Waals surface area contributed by atoms with E-state index in [1.165, 1.54) is 31.4 Å². The van der Waals surface area contributed by atoms with E-state index >= 15 is 0 Å². The summed E-state index contributed by atoms with van der Waals surface area (Å²) in [6.07, 6.45) is 5.23. The Balaban J connectivity index is 2.01. The van der Waals surface area contributed by atoms with Crippen molar-refractivity contribution in [3.8, 4) is 0 Å². The minimum Gasteiger partial charge on any atom is -0.324 e. The average molecular weight is 175 g/mol. The van der Waals surface area contributed by atoms with E-state index < -0.39 is 0 Å². The predicted molar refractivity (Wildman–Crippen MR) is 50.5 cm³/mol. The van der Waals surface area contributed by atoms with Gasteiger partial charge in [0.2, 0.25) is 0 Å². The summed E-state index contributed by atoms with van der Waals surface area (Å²) in [4.78, 5) is 0. The molecule has 0 unspecified atom stereocenters. The Hall–Kier alpha value is 0.240. The highest BCUT2D eigenvalue weighted by molar-refractivity contribution is 8.77. The number of unbranched alkanes of at least 4 members (excludes halogenated alkanes) is 2. The first-order chi connectivity index (χ1) is 4.93. The molecule has 10 heavy (non-hydrogen) atoms. The van der Waals surface area contributed by atoms with Crippen LogP contribution in [-0.4, -0.2) is 0 Å². The van der Waals surface area contributed by atoms with E-state index in [4.69, 9.17) is 0 Å². The average Bonchev–Trinajstić information content (AvgIpc) is 2.41. The highest BCUT2D eigenvalue weighted by Crippen LogP contribution is 2.30. The smallest absolute Gasteiger partial charge is 0.0291 e. The van der Waals surface area contributed by atoms with Crippen LogP contribution in [-0.2, 0) is 0 Å². The van der Waals surface area contributed by atoms with Crippen LogP contribution < -0.4 is 4.72 Å². The van der Waals surface area contributed by atoms with E-state index in [1.54, 1.807) is 21.8 Å². The van der Waals surface area contributed by atoms with Crippen LogP contribution >= 0.6 is 21.8 Å². The van der Waals surface area contributed by atoms with Gasteiger partial charge in [-0.3, -0.25) is 0 Å². The Labute approximate surface area is 70.6 Å². The summed E-state index contributed by atoms with van der Waals surface area (Å²) < 4.78 is 3.26. The lowest BCUT2D eigenvalue weighted by atomic mass is 10.2. The van der Waals surface area contributed by atoms with Gasteiger partial charge in [0.1, 0.15) is 0 Å². The first kappa shape index (κ1) is 8.34. The molecule has 0 saturated heterocycles. The van der Waals surface area contributed by atoms with Crippen molar-refractivity contribution in [2.24, 2.45) is 0 Å². The maximum Gasteiger partial charge on any atom is 0.0291 e. The lowest BCUT2D eigenvalue weighted by molar-refractivity contribution is 0.706. The van der Waals surface area contributed by atoms with Gasteiger partial charge in [-0.2, -0.15) is 0 Å². The largest absolute Gasteiger partial charge is 0.324 e. The van der Waals surface area contributed by atoms with Gasteiger partial charge in [-0.15, -0.1) is 0 Å². The van der Waals surface area contributed by atoms with Crippen LogP contribution in [0.3, 0.4) is 0 Å². The number of allylic oxidation sites excluding steroid dienone is 1. The molecule has 0 aromatic rings. The molecule has 1 N–H and O–H groups in total. The Morgan fingerprint density at radius 1 is 1.50 bits per heavy atom. The van der Waals surface area contributed by atoms with Crippen molar-refractivity contribution >= 4 is 21.8 Å². The zero-order valence-electron chi connectivity index (χ0n) is 6.22. The third-order valence-corrected chi connectivity index (χ3v) is 3.11. The second kappa shape index (κ2) is 4.97. The third-order valence-electron chi connectivity index (χ3n) is 1.46. The minimum atomic E-state index is 1.23. The van der Waals surface area contributed by atoms with Crippen molar-refractivity contribution in [3.63, 3.8) is 0 Å². The molecular weight excluding hydrogens is 162 g/mol. The summed E-state index contributed by atoms with van der Waals surface area (Å²) in [6, 6.07) is 0. The van der Waals surface area contributed by atoms with Gasteiger partial charge in [-0.25, -0.2) is 0 Å². The van der Waals surface area contributed by atoms with E-state index in [9.17, 15) is 0 Å². The molecule has 1 aliphatic heterocycles. The van der Waals surface area contributed by atoms with Gasteiger partial charge in [0.25, 0.3) is 0 Å². The van der Waals surface area contributed by atoms with Crippen molar-refractivity contribution < 1.29 is 0 Å². The lowest BCUT2D eigenvalue weighted by Gasteiger charge is -1.99. The van der Waals surface area contributed by atoms with Crippen LogP contribution in [0.15, 0.2) is 11.1 Å². The maximum atomic E-state index is 3.26. The molecule has 0 aromatic heterocycles. The Bertz CT molecular complexity index is 123. The van der Waals surface area contributed by atoms with Crippen molar-refractivity contribution in [3.05, 3.63) is 11.1 Å². The van der Waals surface area contributed by atoms with Gasteiger partial charge < -0.3 is 4.72 Å². The first-order valence-corrected chi connectivity index (χ1v) is 5.92. The summed E-state index contributed by atoms with van der Waals surface area (Å²) in [5.74, 6) is 0. The summed E-state index contributed by atoms with van der Waals surface area (Å²) in [6.45, 7) is 2.24. The zero-order valence-corrected chi connectivity index (χ0v) is 7.86. The first-order valence-electron chi connectivity index (χ1n) is 3.71. The molecule has 0 aromatic carbocycles. The molecule has 0 aliphatic carbocycles. The second-order valence-electron chi connectivity index (χ2n) is 2.38. The molecule has 1 nitrogen and oxygen atoms in total. The van der Waals surface area contributed by atoms with Gasteiger partial charge in [0.05, 0.1) is 0 Å². The van der Waals surface area contributed by atoms with Crippen molar-refractivity contribution in [2.75, 3.05) is 0 Å². The number of hydrogen-bond donors (Lipinski definition) is 1. The summed E-state index contributed by atoms with van der Waals surface area (Å²) in [5, 5.41) is 2.21. The van der Waals surface area contributed by atoms with Crippen LogP contribution in [0, 0.1) is 0 Å². The number of rotatable bonds is 4. The standard InChI is InChI=1S/C7H13NS2/c1-2-3-4-5-7-6-9-10-8-7/h6,8H,2-5H2,1H3. The van der Waals surface area contributed by atoms with Crippen molar-refractivity contribution in [1.82, 2.24) is 4.72 Å². The molecule has 1 aliphatic rings. The maximum absolute atomic E-state index is 3.26. The molecule has 1 rings (SSSR count). The normalized spacial score (nSPS) is 16.7. The predicted octanol–water partition coefficient (Wildman–Crippen LogP) is 3.31. The van der Waals surface area contributed by atoms with E-state index in [0.29, 0.717) is 0 Å². The fraction of sp³-hybridized carbons (Fsp3) is 0.714. The summed E-state index contributed by atoms with van der Waals surface area (Å²) in [5.41, 5.74) is 1.41. The molecule has 0 spiro atoms. The molecule has 0 amide bonds. The van der Waals surface area contributed by atoms with Crippen LogP contribution in [0.5, 0.6) is 0 Å². The SMILES string of the molecule is CCCCCC1=CSSN1. The van der Waals surface area contributed by atoms with Crippen LogP contribution in [0.2, 0.25) is 0 Å². The molecule has 3 heteroatoms.